The number of alkyl halides is 3. The molecule has 0 radical (unpaired) electrons. The molecule has 0 aliphatic carbocycles. The molecular formula is C11H8F3NO2. The van der Waals surface area contributed by atoms with Crippen LogP contribution in [-0.2, 0) is 17.4 Å². The van der Waals surface area contributed by atoms with E-state index in [0.717, 1.165) is 0 Å². The Balaban J connectivity index is 3.40. The number of carboxylic acid groups (broad SMARTS) is 1. The number of carbonyl (C=O) groups is 1. The quantitative estimate of drug-likeness (QED) is 0.868. The average molecular weight is 243 g/mol. The van der Waals surface area contributed by atoms with Crippen molar-refractivity contribution in [2.75, 3.05) is 0 Å². The molecule has 0 aliphatic heterocycles. The Morgan fingerprint density at radius 2 is 2.06 bits per heavy atom. The number of rotatable bonds is 2. The Bertz CT molecular complexity index is 501. The van der Waals surface area contributed by atoms with Crippen LogP contribution < -0.4 is 0 Å². The third-order valence-electron chi connectivity index (χ3n) is 2.17. The minimum Gasteiger partial charge on any atom is -0.481 e. The third-order valence-corrected chi connectivity index (χ3v) is 2.17. The molecule has 0 heterocycles. The molecule has 0 saturated heterocycles. The molecule has 17 heavy (non-hydrogen) atoms. The molecule has 1 aromatic rings. The number of hydrogen-bond donors (Lipinski definition) is 1. The summed E-state index contributed by atoms with van der Waals surface area (Å²) >= 11 is 0. The van der Waals surface area contributed by atoms with Crippen molar-refractivity contribution in [1.29, 1.82) is 5.26 Å². The zero-order valence-electron chi connectivity index (χ0n) is 8.80. The summed E-state index contributed by atoms with van der Waals surface area (Å²) in [5.41, 5.74) is -1.40. The molecule has 6 heteroatoms. The molecule has 0 aliphatic rings. The lowest BCUT2D eigenvalue weighted by Gasteiger charge is -2.12. The van der Waals surface area contributed by atoms with E-state index in [2.05, 4.69) is 0 Å². The zero-order valence-corrected chi connectivity index (χ0v) is 8.80. The number of nitrogens with zero attached hydrogens (tertiary/aromatic N) is 1. The van der Waals surface area contributed by atoms with Crippen molar-refractivity contribution in [3.63, 3.8) is 0 Å². The van der Waals surface area contributed by atoms with Gasteiger partial charge in [-0.25, -0.2) is 0 Å². The molecule has 0 atom stereocenters. The van der Waals surface area contributed by atoms with Gasteiger partial charge in [-0.3, -0.25) is 4.79 Å². The van der Waals surface area contributed by atoms with Crippen molar-refractivity contribution in [3.05, 3.63) is 34.4 Å². The highest BCUT2D eigenvalue weighted by atomic mass is 19.4. The number of aryl methyl sites for hydroxylation is 1. The molecule has 90 valence electrons. The van der Waals surface area contributed by atoms with Gasteiger partial charge in [0.25, 0.3) is 0 Å². The summed E-state index contributed by atoms with van der Waals surface area (Å²) in [7, 11) is 0. The molecular weight excluding hydrogens is 235 g/mol. The van der Waals surface area contributed by atoms with Gasteiger partial charge < -0.3 is 5.11 Å². The van der Waals surface area contributed by atoms with Crippen LogP contribution in [0.2, 0.25) is 0 Å². The Kier molecular flexibility index (Phi) is 3.42. The van der Waals surface area contributed by atoms with Crippen LogP contribution in [0, 0.1) is 18.3 Å². The number of halogens is 3. The summed E-state index contributed by atoms with van der Waals surface area (Å²) < 4.78 is 37.9. The number of nitriles is 1. The summed E-state index contributed by atoms with van der Waals surface area (Å²) in [6, 6.07) is 3.47. The maximum atomic E-state index is 12.6. The maximum absolute atomic E-state index is 12.6. The number of hydrogen-bond acceptors (Lipinski definition) is 2. The second kappa shape index (κ2) is 4.45. The van der Waals surface area contributed by atoms with E-state index in [9.17, 15) is 18.0 Å². The summed E-state index contributed by atoms with van der Waals surface area (Å²) in [6.07, 6.45) is -5.17. The van der Waals surface area contributed by atoms with Crippen LogP contribution in [0.5, 0.6) is 0 Å². The predicted octanol–water partition coefficient (Wildman–Crippen LogP) is 2.51. The highest BCUT2D eigenvalue weighted by Crippen LogP contribution is 2.34. The summed E-state index contributed by atoms with van der Waals surface area (Å²) in [4.78, 5) is 10.4. The normalized spacial score (nSPS) is 11.0. The van der Waals surface area contributed by atoms with Gasteiger partial charge in [0, 0.05) is 0 Å². The fraction of sp³-hybridized carbons (Fsp3) is 0.273. The van der Waals surface area contributed by atoms with Crippen LogP contribution >= 0.6 is 0 Å². The van der Waals surface area contributed by atoms with Crippen molar-refractivity contribution >= 4 is 5.97 Å². The summed E-state index contributed by atoms with van der Waals surface area (Å²) in [5, 5.41) is 17.2. The van der Waals surface area contributed by atoms with Gasteiger partial charge in [0.05, 0.1) is 17.5 Å². The lowest BCUT2D eigenvalue weighted by Crippen LogP contribution is -2.11. The number of carboxylic acids is 1. The highest BCUT2D eigenvalue weighted by Gasteiger charge is 2.34. The molecule has 0 fully saturated rings. The molecule has 0 spiro atoms. The second-order valence-electron chi connectivity index (χ2n) is 3.52. The van der Waals surface area contributed by atoms with Crippen molar-refractivity contribution in [1.82, 2.24) is 0 Å². The van der Waals surface area contributed by atoms with E-state index in [-0.39, 0.29) is 11.1 Å². The fourth-order valence-corrected chi connectivity index (χ4v) is 1.51. The van der Waals surface area contributed by atoms with E-state index < -0.39 is 29.7 Å². The highest BCUT2D eigenvalue weighted by molar-refractivity contribution is 5.70. The van der Waals surface area contributed by atoms with Gasteiger partial charge in [-0.15, -0.1) is 0 Å². The topological polar surface area (TPSA) is 61.1 Å². The van der Waals surface area contributed by atoms with Crippen molar-refractivity contribution in [3.8, 4) is 6.07 Å². The summed E-state index contributed by atoms with van der Waals surface area (Å²) in [5.74, 6) is -1.22. The molecule has 3 nitrogen and oxygen atoms in total. The first-order valence-corrected chi connectivity index (χ1v) is 4.58. The Morgan fingerprint density at radius 1 is 1.47 bits per heavy atom. The largest absolute Gasteiger partial charge is 0.481 e. The van der Waals surface area contributed by atoms with Gasteiger partial charge in [0.1, 0.15) is 6.07 Å². The van der Waals surface area contributed by atoms with E-state index in [1.807, 2.05) is 0 Å². The van der Waals surface area contributed by atoms with Crippen LogP contribution in [0.25, 0.3) is 0 Å². The van der Waals surface area contributed by atoms with Crippen LogP contribution in [0.4, 0.5) is 13.2 Å². The number of benzene rings is 1. The molecule has 0 amide bonds. The van der Waals surface area contributed by atoms with Crippen LogP contribution in [-0.4, -0.2) is 11.1 Å². The maximum Gasteiger partial charge on any atom is 0.417 e. The van der Waals surface area contributed by atoms with E-state index in [1.54, 1.807) is 0 Å². The van der Waals surface area contributed by atoms with Crippen molar-refractivity contribution in [2.45, 2.75) is 19.5 Å². The smallest absolute Gasteiger partial charge is 0.417 e. The van der Waals surface area contributed by atoms with E-state index >= 15 is 0 Å². The average Bonchev–Trinajstić information content (AvgIpc) is 2.14. The van der Waals surface area contributed by atoms with E-state index in [0.29, 0.717) is 6.07 Å². The van der Waals surface area contributed by atoms with Crippen LogP contribution in [0.3, 0.4) is 0 Å². The zero-order chi connectivity index (χ0) is 13.2. The van der Waals surface area contributed by atoms with Gasteiger partial charge in [-0.2, -0.15) is 18.4 Å². The third kappa shape index (κ3) is 2.97. The standard InChI is InChI=1S/C11H8F3NO2/c1-6-2-7(4-10(16)17)3-9(8(6)5-15)11(12,13)14/h2-3H,4H2,1H3,(H,16,17). The predicted molar refractivity (Wildman–Crippen MR) is 52.2 cm³/mol. The second-order valence-corrected chi connectivity index (χ2v) is 3.52. The molecule has 1 N–H and O–H groups in total. The van der Waals surface area contributed by atoms with E-state index in [1.165, 1.54) is 19.1 Å². The van der Waals surface area contributed by atoms with Gasteiger partial charge >= 0.3 is 12.1 Å². The Morgan fingerprint density at radius 3 is 2.47 bits per heavy atom. The minimum atomic E-state index is -4.66. The SMILES string of the molecule is Cc1cc(CC(=O)O)cc(C(F)(F)F)c1C#N. The van der Waals surface area contributed by atoms with Crippen molar-refractivity contribution < 1.29 is 23.1 Å². The molecule has 0 saturated carbocycles. The molecule has 1 rings (SSSR count). The molecule has 1 aromatic carbocycles. The Hall–Kier alpha value is -2.03. The van der Waals surface area contributed by atoms with Gasteiger partial charge in [0.15, 0.2) is 0 Å². The molecule has 0 unspecified atom stereocenters. The number of aliphatic carboxylic acids is 1. The first kappa shape index (κ1) is 13.0. The lowest BCUT2D eigenvalue weighted by atomic mass is 9.97. The fourth-order valence-electron chi connectivity index (χ4n) is 1.51. The van der Waals surface area contributed by atoms with Gasteiger partial charge in [0.2, 0.25) is 0 Å². The van der Waals surface area contributed by atoms with Crippen LogP contribution in [0.15, 0.2) is 12.1 Å². The van der Waals surface area contributed by atoms with Crippen molar-refractivity contribution in [2.24, 2.45) is 0 Å². The monoisotopic (exact) mass is 243 g/mol. The van der Waals surface area contributed by atoms with Gasteiger partial charge in [-0.1, -0.05) is 6.07 Å². The summed E-state index contributed by atoms with van der Waals surface area (Å²) in [6.45, 7) is 1.35. The molecule has 0 aromatic heterocycles. The van der Waals surface area contributed by atoms with Gasteiger partial charge in [-0.05, 0) is 24.1 Å². The minimum absolute atomic E-state index is 0.0290. The first-order valence-electron chi connectivity index (χ1n) is 4.58. The molecule has 0 bridgehead atoms. The lowest BCUT2D eigenvalue weighted by molar-refractivity contribution is -0.139. The van der Waals surface area contributed by atoms with E-state index in [4.69, 9.17) is 10.4 Å². The van der Waals surface area contributed by atoms with Crippen LogP contribution in [0.1, 0.15) is 22.3 Å². The first-order chi connectivity index (χ1) is 7.75. The Labute approximate surface area is 95.1 Å².